The van der Waals surface area contributed by atoms with E-state index in [2.05, 4.69) is 20.6 Å². The van der Waals surface area contributed by atoms with Crippen LogP contribution in [0.2, 0.25) is 5.02 Å². The molecular formula is C21H24ClN5OS. The molecule has 3 atom stereocenters. The van der Waals surface area contributed by atoms with Gasteiger partial charge in [-0.1, -0.05) is 17.7 Å². The Hall–Kier alpha value is -1.96. The number of aryl methyl sites for hydroxylation is 1. The van der Waals surface area contributed by atoms with Crippen LogP contribution < -0.4 is 5.32 Å². The first-order chi connectivity index (χ1) is 14.0. The van der Waals surface area contributed by atoms with Gasteiger partial charge in [0, 0.05) is 49.9 Å². The molecule has 5 rings (SSSR count). The minimum atomic E-state index is -0.430. The Kier molecular flexibility index (Phi) is 4.64. The highest BCUT2D eigenvalue weighted by molar-refractivity contribution is 7.07. The number of aromatic nitrogens is 3. The van der Waals surface area contributed by atoms with Gasteiger partial charge in [-0.25, -0.2) is 4.98 Å². The van der Waals surface area contributed by atoms with E-state index in [1.807, 2.05) is 35.4 Å². The molecule has 29 heavy (non-hydrogen) atoms. The number of nitrogens with one attached hydrogen (secondary N) is 1. The molecule has 0 unspecified atom stereocenters. The molecule has 2 bridgehead atoms. The number of amides is 1. The van der Waals surface area contributed by atoms with Gasteiger partial charge in [0.15, 0.2) is 0 Å². The van der Waals surface area contributed by atoms with E-state index in [0.717, 1.165) is 46.6 Å². The molecular weight excluding hydrogens is 406 g/mol. The highest BCUT2D eigenvalue weighted by atomic mass is 35.5. The van der Waals surface area contributed by atoms with Gasteiger partial charge in [-0.05, 0) is 31.4 Å². The van der Waals surface area contributed by atoms with Crippen LogP contribution in [0.1, 0.15) is 30.7 Å². The monoisotopic (exact) mass is 429 g/mol. The zero-order valence-electron chi connectivity index (χ0n) is 16.6. The third-order valence-corrected chi connectivity index (χ3v) is 7.72. The molecule has 2 aromatic heterocycles. The average Bonchev–Trinajstić information content (AvgIpc) is 3.48. The standard InChI is InChI=1S/C21H24ClN5OS/c1-23-20(28)21(8-13-11-29-12-24-13)9-14-6-7-18(21)27(14)10-16-19-15(22)4-3-5-17(19)26(2)25-16/h3-5,11-12,14,18H,6-10H2,1-2H3,(H,23,28)/t14-,18+,21+/m1/s1. The molecule has 8 heteroatoms. The maximum atomic E-state index is 13.1. The van der Waals surface area contributed by atoms with Crippen LogP contribution in [0.15, 0.2) is 29.1 Å². The maximum Gasteiger partial charge on any atom is 0.228 e. The molecule has 6 nitrogen and oxygen atoms in total. The summed E-state index contributed by atoms with van der Waals surface area (Å²) in [5.41, 5.74) is 4.46. The highest BCUT2D eigenvalue weighted by Gasteiger charge is 2.59. The first kappa shape index (κ1) is 19.0. The zero-order chi connectivity index (χ0) is 20.2. The van der Waals surface area contributed by atoms with Gasteiger partial charge in [0.2, 0.25) is 5.91 Å². The Morgan fingerprint density at radius 3 is 3.03 bits per heavy atom. The number of benzene rings is 1. The Bertz CT molecular complexity index is 1060. The topological polar surface area (TPSA) is 63.1 Å². The van der Waals surface area contributed by atoms with Crippen molar-refractivity contribution in [3.05, 3.63) is 45.5 Å². The highest BCUT2D eigenvalue weighted by Crippen LogP contribution is 2.52. The zero-order valence-corrected chi connectivity index (χ0v) is 18.1. The van der Waals surface area contributed by atoms with Crippen molar-refractivity contribution in [2.75, 3.05) is 7.05 Å². The lowest BCUT2D eigenvalue weighted by atomic mass is 9.70. The number of halogens is 1. The van der Waals surface area contributed by atoms with Crippen molar-refractivity contribution >= 4 is 39.7 Å². The Morgan fingerprint density at radius 1 is 1.41 bits per heavy atom. The molecule has 1 aromatic carbocycles. The molecule has 2 saturated heterocycles. The van der Waals surface area contributed by atoms with E-state index in [0.29, 0.717) is 19.0 Å². The maximum absolute atomic E-state index is 13.1. The van der Waals surface area contributed by atoms with Crippen molar-refractivity contribution < 1.29 is 4.79 Å². The van der Waals surface area contributed by atoms with Gasteiger partial charge in [-0.15, -0.1) is 11.3 Å². The third-order valence-electron chi connectivity index (χ3n) is 6.77. The Labute approximate surface area is 178 Å². The van der Waals surface area contributed by atoms with Gasteiger partial charge < -0.3 is 5.32 Å². The van der Waals surface area contributed by atoms with Crippen molar-refractivity contribution in [1.29, 1.82) is 0 Å². The van der Waals surface area contributed by atoms with E-state index in [1.54, 1.807) is 18.4 Å². The lowest BCUT2D eigenvalue weighted by molar-refractivity contribution is -0.132. The number of carbonyl (C=O) groups excluding carboxylic acids is 1. The largest absolute Gasteiger partial charge is 0.359 e. The van der Waals surface area contributed by atoms with Crippen LogP contribution in [0.4, 0.5) is 0 Å². The third kappa shape index (κ3) is 2.90. The van der Waals surface area contributed by atoms with Crippen LogP contribution in [-0.2, 0) is 24.8 Å². The Morgan fingerprint density at radius 2 is 2.28 bits per heavy atom. The smallest absolute Gasteiger partial charge is 0.228 e. The van der Waals surface area contributed by atoms with Crippen LogP contribution in [0.5, 0.6) is 0 Å². The molecule has 2 fully saturated rings. The molecule has 0 aliphatic carbocycles. The van der Waals surface area contributed by atoms with Gasteiger partial charge in [0.05, 0.1) is 32.9 Å². The van der Waals surface area contributed by atoms with Crippen LogP contribution in [-0.4, -0.2) is 44.7 Å². The summed E-state index contributed by atoms with van der Waals surface area (Å²) >= 11 is 8.12. The molecule has 1 N–H and O–H groups in total. The summed E-state index contributed by atoms with van der Waals surface area (Å²) in [4.78, 5) is 20.1. The summed E-state index contributed by atoms with van der Waals surface area (Å²) in [6.45, 7) is 0.715. The fraction of sp³-hybridized carbons (Fsp3) is 0.476. The molecule has 0 saturated carbocycles. The molecule has 0 spiro atoms. The fourth-order valence-electron chi connectivity index (χ4n) is 5.59. The Balaban J connectivity index is 1.51. The number of hydrogen-bond acceptors (Lipinski definition) is 5. The van der Waals surface area contributed by atoms with Crippen LogP contribution >= 0.6 is 22.9 Å². The summed E-state index contributed by atoms with van der Waals surface area (Å²) < 4.78 is 1.90. The van der Waals surface area contributed by atoms with Crippen molar-refractivity contribution in [3.63, 3.8) is 0 Å². The van der Waals surface area contributed by atoms with E-state index in [1.165, 1.54) is 0 Å². The summed E-state index contributed by atoms with van der Waals surface area (Å²) in [5, 5.41) is 11.5. The second kappa shape index (κ2) is 7.07. The average molecular weight is 430 g/mol. The van der Waals surface area contributed by atoms with Crippen LogP contribution in [0.3, 0.4) is 0 Å². The van der Waals surface area contributed by atoms with E-state index in [9.17, 15) is 4.79 Å². The number of thiazole rings is 1. The summed E-state index contributed by atoms with van der Waals surface area (Å²) in [6, 6.07) is 6.50. The lowest BCUT2D eigenvalue weighted by Crippen LogP contribution is -2.49. The minimum Gasteiger partial charge on any atom is -0.359 e. The number of fused-ring (bicyclic) bond motifs is 3. The number of hydrogen-bond donors (Lipinski definition) is 1. The number of carbonyl (C=O) groups is 1. The predicted octanol–water partition coefficient (Wildman–Crippen LogP) is 3.40. The molecule has 0 radical (unpaired) electrons. The fourth-order valence-corrected chi connectivity index (χ4v) is 6.43. The van der Waals surface area contributed by atoms with Crippen LogP contribution in [0, 0.1) is 5.41 Å². The van der Waals surface area contributed by atoms with Crippen molar-refractivity contribution in [3.8, 4) is 0 Å². The molecule has 152 valence electrons. The first-order valence-electron chi connectivity index (χ1n) is 9.98. The first-order valence-corrected chi connectivity index (χ1v) is 11.3. The van der Waals surface area contributed by atoms with Gasteiger partial charge in [-0.2, -0.15) is 5.10 Å². The SMILES string of the molecule is CNC(=O)[C@@]1(Cc2cscn2)C[C@H]2CC[C@@H]1N2Cc1nn(C)c2cccc(Cl)c12. The van der Waals surface area contributed by atoms with Gasteiger partial charge in [0.1, 0.15) is 0 Å². The van der Waals surface area contributed by atoms with E-state index >= 15 is 0 Å². The summed E-state index contributed by atoms with van der Waals surface area (Å²) in [6.07, 6.45) is 3.71. The van der Waals surface area contributed by atoms with E-state index in [-0.39, 0.29) is 11.9 Å². The number of rotatable bonds is 5. The molecule has 2 aliphatic rings. The second-order valence-electron chi connectivity index (χ2n) is 8.22. The predicted molar refractivity (Wildman–Crippen MR) is 115 cm³/mol. The van der Waals surface area contributed by atoms with Crippen LogP contribution in [0.25, 0.3) is 10.9 Å². The quantitative estimate of drug-likeness (QED) is 0.675. The lowest BCUT2D eigenvalue weighted by Gasteiger charge is -2.35. The minimum absolute atomic E-state index is 0.131. The van der Waals surface area contributed by atoms with Gasteiger partial charge >= 0.3 is 0 Å². The molecule has 1 amide bonds. The van der Waals surface area contributed by atoms with E-state index < -0.39 is 5.41 Å². The summed E-state index contributed by atoms with van der Waals surface area (Å²) in [5.74, 6) is 0.131. The number of nitrogens with zero attached hydrogens (tertiary/aromatic N) is 4. The van der Waals surface area contributed by atoms with Crippen molar-refractivity contribution in [1.82, 2.24) is 25.0 Å². The van der Waals surface area contributed by atoms with E-state index in [4.69, 9.17) is 16.7 Å². The van der Waals surface area contributed by atoms with Gasteiger partial charge in [0.25, 0.3) is 0 Å². The van der Waals surface area contributed by atoms with Crippen molar-refractivity contribution in [2.24, 2.45) is 12.5 Å². The van der Waals surface area contributed by atoms with Crippen molar-refractivity contribution in [2.45, 2.75) is 44.3 Å². The molecule has 3 aromatic rings. The van der Waals surface area contributed by atoms with Gasteiger partial charge in [-0.3, -0.25) is 14.4 Å². The second-order valence-corrected chi connectivity index (χ2v) is 9.35. The molecule has 4 heterocycles. The molecule has 2 aliphatic heterocycles. The normalized spacial score (nSPS) is 26.4. The summed E-state index contributed by atoms with van der Waals surface area (Å²) in [7, 11) is 3.70.